The van der Waals surface area contributed by atoms with Crippen LogP contribution in [-0.4, -0.2) is 74.0 Å². The summed E-state index contributed by atoms with van der Waals surface area (Å²) in [6.45, 7) is 2.39. The monoisotopic (exact) mass is 397 g/mol. The molecule has 1 amide bonds. The number of hydrogen-bond donors (Lipinski definition) is 1. The van der Waals surface area contributed by atoms with Gasteiger partial charge in [0.25, 0.3) is 10.2 Å². The van der Waals surface area contributed by atoms with Gasteiger partial charge in [0.15, 0.2) is 5.66 Å². The Morgan fingerprint density at radius 3 is 2.63 bits per heavy atom. The van der Waals surface area contributed by atoms with E-state index in [-0.39, 0.29) is 11.9 Å². The molecule has 0 radical (unpaired) electrons. The lowest BCUT2D eigenvalue weighted by atomic mass is 10.0. The highest BCUT2D eigenvalue weighted by molar-refractivity contribution is 7.86. The number of carbonyl (C=O) groups is 1. The number of rotatable bonds is 8. The third-order valence-corrected chi connectivity index (χ3v) is 7.18. The van der Waals surface area contributed by atoms with Crippen LogP contribution in [0.3, 0.4) is 0 Å². The fourth-order valence-electron chi connectivity index (χ4n) is 3.49. The Balaban J connectivity index is 1.46. The maximum Gasteiger partial charge on any atom is 0.282 e. The van der Waals surface area contributed by atoms with E-state index in [9.17, 15) is 13.2 Å². The Kier molecular flexibility index (Phi) is 6.47. The van der Waals surface area contributed by atoms with Gasteiger partial charge in [-0.2, -0.15) is 27.3 Å². The van der Waals surface area contributed by atoms with Gasteiger partial charge in [-0.25, -0.2) is 0 Å². The molecule has 3 heterocycles. The van der Waals surface area contributed by atoms with Crippen molar-refractivity contribution in [2.24, 2.45) is 10.2 Å². The summed E-state index contributed by atoms with van der Waals surface area (Å²) in [5.41, 5.74) is -0.470. The SMILES string of the molecule is C#CCCC1(CCC(=O)NC2CCCN(S(=O)(=O)N3CCOCC3)C2)N=N1. The van der Waals surface area contributed by atoms with E-state index in [1.54, 1.807) is 0 Å². The molecule has 150 valence electrons. The second-order valence-electron chi connectivity index (χ2n) is 7.17. The minimum Gasteiger partial charge on any atom is -0.379 e. The Hall–Kier alpha value is -1.54. The van der Waals surface area contributed by atoms with Crippen LogP contribution in [0.5, 0.6) is 0 Å². The summed E-state index contributed by atoms with van der Waals surface area (Å²) in [6, 6.07) is -0.170. The van der Waals surface area contributed by atoms with Gasteiger partial charge in [-0.3, -0.25) is 4.79 Å². The van der Waals surface area contributed by atoms with E-state index >= 15 is 0 Å². The van der Waals surface area contributed by atoms with Crippen molar-refractivity contribution < 1.29 is 17.9 Å². The molecular weight excluding hydrogens is 370 g/mol. The minimum absolute atomic E-state index is 0.0944. The summed E-state index contributed by atoms with van der Waals surface area (Å²) < 4.78 is 33.7. The molecule has 0 aromatic carbocycles. The smallest absolute Gasteiger partial charge is 0.282 e. The maximum absolute atomic E-state index is 12.8. The van der Waals surface area contributed by atoms with Gasteiger partial charge in [-0.1, -0.05) is 0 Å². The summed E-state index contributed by atoms with van der Waals surface area (Å²) in [5.74, 6) is 2.47. The molecule has 0 aromatic rings. The van der Waals surface area contributed by atoms with Crippen molar-refractivity contribution in [1.82, 2.24) is 13.9 Å². The van der Waals surface area contributed by atoms with Crippen molar-refractivity contribution in [2.75, 3.05) is 39.4 Å². The summed E-state index contributed by atoms with van der Waals surface area (Å²) in [6.07, 6.45) is 8.89. The number of morpholine rings is 1. The highest BCUT2D eigenvalue weighted by atomic mass is 32.2. The number of terminal acetylenes is 1. The van der Waals surface area contributed by atoms with E-state index in [0.717, 1.165) is 12.8 Å². The van der Waals surface area contributed by atoms with Gasteiger partial charge in [0.1, 0.15) is 0 Å². The number of hydrogen-bond acceptors (Lipinski definition) is 6. The van der Waals surface area contributed by atoms with Gasteiger partial charge >= 0.3 is 0 Å². The largest absolute Gasteiger partial charge is 0.379 e. The molecule has 1 N–H and O–H groups in total. The number of amides is 1. The fourth-order valence-corrected chi connectivity index (χ4v) is 5.16. The molecule has 0 bridgehead atoms. The molecule has 10 heteroatoms. The van der Waals surface area contributed by atoms with Crippen molar-refractivity contribution in [2.45, 2.75) is 50.2 Å². The molecule has 0 aromatic heterocycles. The predicted octanol–water partition coefficient (Wildman–Crippen LogP) is 0.500. The minimum atomic E-state index is -3.50. The molecule has 0 aliphatic carbocycles. The molecule has 9 nitrogen and oxygen atoms in total. The average molecular weight is 398 g/mol. The normalized spacial score (nSPS) is 25.7. The van der Waals surface area contributed by atoms with Crippen LogP contribution in [0.25, 0.3) is 0 Å². The molecular formula is C17H27N5O4S. The Bertz CT molecular complexity index is 705. The third kappa shape index (κ3) is 5.25. The van der Waals surface area contributed by atoms with Gasteiger partial charge in [-0.15, -0.1) is 12.3 Å². The van der Waals surface area contributed by atoms with E-state index in [4.69, 9.17) is 11.2 Å². The summed E-state index contributed by atoms with van der Waals surface area (Å²) in [7, 11) is -3.50. The van der Waals surface area contributed by atoms with E-state index in [0.29, 0.717) is 65.1 Å². The fraction of sp³-hybridized carbons (Fsp3) is 0.824. The van der Waals surface area contributed by atoms with Crippen LogP contribution in [-0.2, 0) is 19.7 Å². The van der Waals surface area contributed by atoms with Crippen LogP contribution >= 0.6 is 0 Å². The molecule has 1 unspecified atom stereocenters. The number of carbonyl (C=O) groups excluding carboxylic acids is 1. The van der Waals surface area contributed by atoms with Gasteiger partial charge in [-0.05, 0) is 12.8 Å². The van der Waals surface area contributed by atoms with Crippen molar-refractivity contribution >= 4 is 16.1 Å². The first-order chi connectivity index (χ1) is 13.0. The Labute approximate surface area is 160 Å². The molecule has 2 saturated heterocycles. The van der Waals surface area contributed by atoms with Crippen LogP contribution in [0.15, 0.2) is 10.2 Å². The average Bonchev–Trinajstić information content (AvgIpc) is 3.46. The molecule has 1 atom stereocenters. The first-order valence-corrected chi connectivity index (χ1v) is 10.8. The van der Waals surface area contributed by atoms with Crippen molar-refractivity contribution in [3.05, 3.63) is 0 Å². The second-order valence-corrected chi connectivity index (χ2v) is 9.10. The zero-order chi connectivity index (χ0) is 19.3. The van der Waals surface area contributed by atoms with Crippen molar-refractivity contribution in [1.29, 1.82) is 0 Å². The predicted molar refractivity (Wildman–Crippen MR) is 98.9 cm³/mol. The molecule has 2 fully saturated rings. The van der Waals surface area contributed by atoms with Crippen LogP contribution in [0.1, 0.15) is 38.5 Å². The number of ether oxygens (including phenoxy) is 1. The molecule has 0 spiro atoms. The molecule has 3 rings (SSSR count). The molecule has 3 aliphatic heterocycles. The van der Waals surface area contributed by atoms with Crippen molar-refractivity contribution in [3.63, 3.8) is 0 Å². The lowest BCUT2D eigenvalue weighted by Crippen LogP contribution is -2.55. The Morgan fingerprint density at radius 1 is 1.22 bits per heavy atom. The Morgan fingerprint density at radius 2 is 1.96 bits per heavy atom. The van der Waals surface area contributed by atoms with Gasteiger partial charge < -0.3 is 10.1 Å². The zero-order valence-electron chi connectivity index (χ0n) is 15.5. The van der Waals surface area contributed by atoms with Gasteiger partial charge in [0.2, 0.25) is 5.91 Å². The topological polar surface area (TPSA) is 104 Å². The number of nitrogens with one attached hydrogen (secondary N) is 1. The molecule has 27 heavy (non-hydrogen) atoms. The maximum atomic E-state index is 12.8. The first kappa shape index (κ1) is 20.2. The lowest BCUT2D eigenvalue weighted by Gasteiger charge is -2.36. The van der Waals surface area contributed by atoms with E-state index in [1.807, 2.05) is 0 Å². The number of piperidine rings is 1. The lowest BCUT2D eigenvalue weighted by molar-refractivity contribution is -0.122. The third-order valence-electron chi connectivity index (χ3n) is 5.18. The standard InChI is InChI=1S/C17H27N5O4S/c1-2-3-7-17(19-20-17)8-6-16(23)18-15-5-4-9-22(14-15)27(24,25)21-10-12-26-13-11-21/h1,15H,3-14H2,(H,18,23). The molecule has 0 saturated carbocycles. The van der Waals surface area contributed by atoms with Gasteiger partial charge in [0.05, 0.1) is 13.2 Å². The summed E-state index contributed by atoms with van der Waals surface area (Å²) in [5, 5.41) is 11.0. The zero-order valence-corrected chi connectivity index (χ0v) is 16.3. The summed E-state index contributed by atoms with van der Waals surface area (Å²) in [4.78, 5) is 12.3. The highest BCUT2D eigenvalue weighted by Crippen LogP contribution is 2.37. The van der Waals surface area contributed by atoms with Crippen LogP contribution in [0, 0.1) is 12.3 Å². The number of nitrogens with zero attached hydrogens (tertiary/aromatic N) is 4. The van der Waals surface area contributed by atoms with E-state index < -0.39 is 15.9 Å². The van der Waals surface area contributed by atoms with E-state index in [1.165, 1.54) is 8.61 Å². The van der Waals surface area contributed by atoms with E-state index in [2.05, 4.69) is 21.5 Å². The van der Waals surface area contributed by atoms with Crippen molar-refractivity contribution in [3.8, 4) is 12.3 Å². The van der Waals surface area contributed by atoms with Crippen LogP contribution in [0.4, 0.5) is 0 Å². The first-order valence-electron chi connectivity index (χ1n) is 9.45. The summed E-state index contributed by atoms with van der Waals surface area (Å²) >= 11 is 0. The van der Waals surface area contributed by atoms with Crippen LogP contribution in [0.2, 0.25) is 0 Å². The quantitative estimate of drug-likeness (QED) is 0.602. The molecule has 3 aliphatic rings. The second kappa shape index (κ2) is 8.65. The highest BCUT2D eigenvalue weighted by Gasteiger charge is 2.40. The van der Waals surface area contributed by atoms with Gasteiger partial charge in [0, 0.05) is 57.9 Å². The van der Waals surface area contributed by atoms with Crippen LogP contribution < -0.4 is 5.32 Å².